The van der Waals surface area contributed by atoms with Gasteiger partial charge in [-0.25, -0.2) is 4.39 Å². The number of hydrogen-bond acceptors (Lipinski definition) is 1. The van der Waals surface area contributed by atoms with Crippen LogP contribution in [0.1, 0.15) is 76.2 Å². The summed E-state index contributed by atoms with van der Waals surface area (Å²) < 4.78 is 17.8. The van der Waals surface area contributed by atoms with Crippen LogP contribution < -0.4 is 4.74 Å². The Kier molecular flexibility index (Phi) is 8.20. The second-order valence-corrected chi connectivity index (χ2v) is 6.78. The number of rotatable bonds is 9. The standard InChI is InChI=1S/C21H31FO/c1-2-3-6-17-23-21-14-12-20(13-15-21)19-10-8-18(9-11-19)7-4-5-16-22/h5,12-16,18-19H,2-4,6-11,17H2,1H3/b16-5+/t18-,19-. The van der Waals surface area contributed by atoms with Gasteiger partial charge in [0, 0.05) is 0 Å². The molecule has 128 valence electrons. The van der Waals surface area contributed by atoms with Crippen molar-refractivity contribution in [1.29, 1.82) is 0 Å². The molecular weight excluding hydrogens is 287 g/mol. The molecule has 0 aromatic heterocycles. The summed E-state index contributed by atoms with van der Waals surface area (Å²) in [4.78, 5) is 0. The molecule has 1 saturated carbocycles. The Balaban J connectivity index is 1.73. The molecule has 1 aliphatic rings. The Morgan fingerprint density at radius 1 is 1.09 bits per heavy atom. The molecule has 0 saturated heterocycles. The summed E-state index contributed by atoms with van der Waals surface area (Å²) in [5, 5.41) is 0. The van der Waals surface area contributed by atoms with Gasteiger partial charge in [-0.3, -0.25) is 0 Å². The van der Waals surface area contributed by atoms with Crippen LogP contribution in [0.5, 0.6) is 5.75 Å². The van der Waals surface area contributed by atoms with Crippen molar-refractivity contribution in [1.82, 2.24) is 0 Å². The smallest absolute Gasteiger partial charge is 0.119 e. The average Bonchev–Trinajstić information content (AvgIpc) is 2.60. The van der Waals surface area contributed by atoms with Crippen LogP contribution in [0.2, 0.25) is 0 Å². The number of halogens is 1. The van der Waals surface area contributed by atoms with Crippen molar-refractivity contribution < 1.29 is 9.13 Å². The molecule has 0 heterocycles. The summed E-state index contributed by atoms with van der Waals surface area (Å²) in [6, 6.07) is 8.73. The summed E-state index contributed by atoms with van der Waals surface area (Å²) in [7, 11) is 0. The van der Waals surface area contributed by atoms with E-state index in [9.17, 15) is 4.39 Å². The highest BCUT2D eigenvalue weighted by Crippen LogP contribution is 2.37. The summed E-state index contributed by atoms with van der Waals surface area (Å²) in [6.45, 7) is 3.03. The quantitative estimate of drug-likeness (QED) is 0.455. The van der Waals surface area contributed by atoms with Crippen molar-refractivity contribution in [3.05, 3.63) is 42.2 Å². The number of allylic oxidation sites excluding steroid dienone is 1. The van der Waals surface area contributed by atoms with Crippen molar-refractivity contribution >= 4 is 0 Å². The number of benzene rings is 1. The van der Waals surface area contributed by atoms with Gasteiger partial charge < -0.3 is 4.74 Å². The fourth-order valence-corrected chi connectivity index (χ4v) is 3.56. The molecule has 0 radical (unpaired) electrons. The third-order valence-corrected chi connectivity index (χ3v) is 5.05. The van der Waals surface area contributed by atoms with E-state index >= 15 is 0 Å². The number of ether oxygens (including phenoxy) is 1. The van der Waals surface area contributed by atoms with Crippen molar-refractivity contribution in [3.63, 3.8) is 0 Å². The zero-order valence-electron chi connectivity index (χ0n) is 14.5. The molecule has 1 aromatic carbocycles. The molecule has 1 aliphatic carbocycles. The van der Waals surface area contributed by atoms with E-state index in [1.54, 1.807) is 6.08 Å². The van der Waals surface area contributed by atoms with Gasteiger partial charge in [0.05, 0.1) is 12.9 Å². The molecule has 0 bridgehead atoms. The van der Waals surface area contributed by atoms with Crippen LogP contribution >= 0.6 is 0 Å². The van der Waals surface area contributed by atoms with Gasteiger partial charge in [-0.05, 0) is 74.5 Å². The highest BCUT2D eigenvalue weighted by Gasteiger charge is 2.21. The van der Waals surface area contributed by atoms with Crippen LogP contribution in [0.15, 0.2) is 36.7 Å². The van der Waals surface area contributed by atoms with Crippen molar-refractivity contribution in [2.75, 3.05) is 6.61 Å². The Morgan fingerprint density at radius 3 is 2.48 bits per heavy atom. The Bertz CT molecular complexity index is 443. The van der Waals surface area contributed by atoms with Crippen molar-refractivity contribution in [2.45, 2.75) is 70.6 Å². The van der Waals surface area contributed by atoms with Crippen molar-refractivity contribution in [2.24, 2.45) is 5.92 Å². The second kappa shape index (κ2) is 10.5. The van der Waals surface area contributed by atoms with Crippen LogP contribution in [0.4, 0.5) is 4.39 Å². The van der Waals surface area contributed by atoms with Crippen LogP contribution in [0.3, 0.4) is 0 Å². The monoisotopic (exact) mass is 318 g/mol. The van der Waals surface area contributed by atoms with Gasteiger partial charge in [-0.1, -0.05) is 38.0 Å². The summed E-state index contributed by atoms with van der Waals surface area (Å²) in [5.74, 6) is 2.47. The molecule has 0 atom stereocenters. The molecule has 0 unspecified atom stereocenters. The Labute approximate surface area is 140 Å². The molecule has 2 rings (SSSR count). The first-order chi connectivity index (χ1) is 11.3. The predicted octanol–water partition coefficient (Wildman–Crippen LogP) is 6.79. The third kappa shape index (κ3) is 6.37. The summed E-state index contributed by atoms with van der Waals surface area (Å²) in [6.07, 6.45) is 13.0. The maximum atomic E-state index is 12.0. The van der Waals surface area contributed by atoms with Crippen LogP contribution in [0, 0.1) is 5.92 Å². The zero-order chi connectivity index (χ0) is 16.3. The Morgan fingerprint density at radius 2 is 1.83 bits per heavy atom. The fraction of sp³-hybridized carbons (Fsp3) is 0.619. The topological polar surface area (TPSA) is 9.23 Å². The molecule has 0 amide bonds. The fourth-order valence-electron chi connectivity index (χ4n) is 3.56. The van der Waals surface area contributed by atoms with Gasteiger partial charge >= 0.3 is 0 Å². The lowest BCUT2D eigenvalue weighted by atomic mass is 9.77. The van der Waals surface area contributed by atoms with Crippen LogP contribution in [-0.4, -0.2) is 6.61 Å². The lowest BCUT2D eigenvalue weighted by molar-refractivity contribution is 0.304. The van der Waals surface area contributed by atoms with E-state index in [0.717, 1.165) is 37.5 Å². The minimum Gasteiger partial charge on any atom is -0.494 e. The first kappa shape index (κ1) is 18.0. The van der Waals surface area contributed by atoms with E-state index in [2.05, 4.69) is 31.2 Å². The molecule has 0 N–H and O–H groups in total. The van der Waals surface area contributed by atoms with E-state index in [1.165, 1.54) is 44.1 Å². The van der Waals surface area contributed by atoms with E-state index < -0.39 is 0 Å². The van der Waals surface area contributed by atoms with Crippen molar-refractivity contribution in [3.8, 4) is 5.75 Å². The molecule has 1 nitrogen and oxygen atoms in total. The molecule has 0 aliphatic heterocycles. The second-order valence-electron chi connectivity index (χ2n) is 6.78. The normalized spacial score (nSPS) is 21.7. The number of hydrogen-bond donors (Lipinski definition) is 0. The molecule has 1 fully saturated rings. The van der Waals surface area contributed by atoms with E-state index in [0.29, 0.717) is 12.2 Å². The molecular formula is C21H31FO. The molecule has 1 aromatic rings. The van der Waals surface area contributed by atoms with Gasteiger partial charge in [-0.2, -0.15) is 0 Å². The SMILES string of the molecule is CCCCCOc1ccc([C@H]2CC[C@H](CC/C=C/F)CC2)cc1. The van der Waals surface area contributed by atoms with E-state index in [-0.39, 0.29) is 0 Å². The minimum atomic E-state index is 0.678. The molecule has 0 spiro atoms. The van der Waals surface area contributed by atoms with Crippen LogP contribution in [0.25, 0.3) is 0 Å². The van der Waals surface area contributed by atoms with Gasteiger partial charge in [0.1, 0.15) is 5.75 Å². The van der Waals surface area contributed by atoms with E-state index in [4.69, 9.17) is 4.74 Å². The van der Waals surface area contributed by atoms with Gasteiger partial charge in [-0.15, -0.1) is 0 Å². The largest absolute Gasteiger partial charge is 0.494 e. The lowest BCUT2D eigenvalue weighted by Crippen LogP contribution is -2.13. The minimum absolute atomic E-state index is 0.678. The summed E-state index contributed by atoms with van der Waals surface area (Å²) >= 11 is 0. The summed E-state index contributed by atoms with van der Waals surface area (Å²) in [5.41, 5.74) is 1.45. The Hall–Kier alpha value is -1.31. The predicted molar refractivity (Wildman–Crippen MR) is 95.6 cm³/mol. The highest BCUT2D eigenvalue weighted by molar-refractivity contribution is 5.29. The van der Waals surface area contributed by atoms with E-state index in [1.807, 2.05) is 0 Å². The zero-order valence-corrected chi connectivity index (χ0v) is 14.5. The van der Waals surface area contributed by atoms with Crippen LogP contribution in [-0.2, 0) is 0 Å². The lowest BCUT2D eigenvalue weighted by Gasteiger charge is -2.28. The third-order valence-electron chi connectivity index (χ3n) is 5.05. The first-order valence-electron chi connectivity index (χ1n) is 9.31. The van der Waals surface area contributed by atoms with Gasteiger partial charge in [0.15, 0.2) is 0 Å². The maximum Gasteiger partial charge on any atom is 0.119 e. The van der Waals surface area contributed by atoms with Gasteiger partial charge in [0.25, 0.3) is 0 Å². The first-order valence-corrected chi connectivity index (χ1v) is 9.31. The highest BCUT2D eigenvalue weighted by atomic mass is 19.1. The molecule has 23 heavy (non-hydrogen) atoms. The maximum absolute atomic E-state index is 12.0. The van der Waals surface area contributed by atoms with Gasteiger partial charge in [0.2, 0.25) is 0 Å². The molecule has 2 heteroatoms. The number of unbranched alkanes of at least 4 members (excludes halogenated alkanes) is 2. The average molecular weight is 318 g/mol.